The number of piperidine rings is 1. The van der Waals surface area contributed by atoms with Gasteiger partial charge in [-0.1, -0.05) is 0 Å². The van der Waals surface area contributed by atoms with Crippen LogP contribution in [0.15, 0.2) is 23.1 Å². The van der Waals surface area contributed by atoms with Gasteiger partial charge in [0.25, 0.3) is 0 Å². The number of aliphatic hydroxyl groups is 1. The van der Waals surface area contributed by atoms with E-state index in [-0.39, 0.29) is 23.3 Å². The van der Waals surface area contributed by atoms with Gasteiger partial charge in [-0.15, -0.1) is 0 Å². The molecule has 1 aromatic rings. The van der Waals surface area contributed by atoms with E-state index in [4.69, 9.17) is 0 Å². The van der Waals surface area contributed by atoms with Crippen molar-refractivity contribution in [3.63, 3.8) is 0 Å². The number of sulfonamides is 1. The van der Waals surface area contributed by atoms with Crippen LogP contribution >= 0.6 is 0 Å². The third kappa shape index (κ3) is 3.20. The van der Waals surface area contributed by atoms with Crippen LogP contribution in [0, 0.1) is 5.92 Å². The summed E-state index contributed by atoms with van der Waals surface area (Å²) in [6, 6.07) is 5.05. The minimum Gasteiger partial charge on any atom is -0.396 e. The van der Waals surface area contributed by atoms with Crippen molar-refractivity contribution in [1.29, 1.82) is 0 Å². The maximum Gasteiger partial charge on any atom is 0.243 e. The fraction of sp³-hybridized carbons (Fsp3) is 0.588. The van der Waals surface area contributed by atoms with E-state index in [0.717, 1.165) is 36.9 Å². The first kappa shape index (κ1) is 17.4. The lowest BCUT2D eigenvalue weighted by Gasteiger charge is -2.32. The second-order valence-corrected chi connectivity index (χ2v) is 8.56. The van der Waals surface area contributed by atoms with Crippen molar-refractivity contribution in [3.8, 4) is 0 Å². The predicted octanol–water partition coefficient (Wildman–Crippen LogP) is 1.38. The second-order valence-electron chi connectivity index (χ2n) is 6.62. The summed E-state index contributed by atoms with van der Waals surface area (Å²) < 4.78 is 27.3. The molecule has 0 aromatic heterocycles. The Balaban J connectivity index is 1.91. The van der Waals surface area contributed by atoms with Crippen molar-refractivity contribution in [2.24, 2.45) is 5.92 Å². The van der Waals surface area contributed by atoms with Crippen LogP contribution in [-0.4, -0.2) is 50.0 Å². The van der Waals surface area contributed by atoms with Gasteiger partial charge in [0.15, 0.2) is 0 Å². The number of amides is 1. The van der Waals surface area contributed by atoms with E-state index in [1.807, 2.05) is 0 Å². The molecule has 1 fully saturated rings. The molecule has 1 atom stereocenters. The number of carbonyl (C=O) groups excluding carboxylic acids is 1. The van der Waals surface area contributed by atoms with Gasteiger partial charge in [-0.2, -0.15) is 4.31 Å². The minimum atomic E-state index is -3.56. The highest BCUT2D eigenvalue weighted by Gasteiger charge is 2.31. The molecule has 6 nitrogen and oxygen atoms in total. The Morgan fingerprint density at radius 1 is 1.29 bits per heavy atom. The molecule has 2 aliphatic rings. The van der Waals surface area contributed by atoms with Gasteiger partial charge in [0, 0.05) is 38.9 Å². The predicted molar refractivity (Wildman–Crippen MR) is 91.4 cm³/mol. The summed E-state index contributed by atoms with van der Waals surface area (Å²) in [6.45, 7) is 3.09. The number of anilines is 1. The van der Waals surface area contributed by atoms with Crippen molar-refractivity contribution < 1.29 is 18.3 Å². The minimum absolute atomic E-state index is 0.0133. The van der Waals surface area contributed by atoms with E-state index >= 15 is 0 Å². The van der Waals surface area contributed by atoms with Crippen LogP contribution in [0.3, 0.4) is 0 Å². The molecule has 1 amide bonds. The third-order valence-corrected chi connectivity index (χ3v) is 6.79. The first-order valence-electron chi connectivity index (χ1n) is 8.45. The van der Waals surface area contributed by atoms with E-state index in [1.165, 1.54) is 11.2 Å². The summed E-state index contributed by atoms with van der Waals surface area (Å²) in [5.74, 6) is -0.00673. The summed E-state index contributed by atoms with van der Waals surface area (Å²) >= 11 is 0. The van der Waals surface area contributed by atoms with Crippen LogP contribution in [0.4, 0.5) is 5.69 Å². The Kier molecular flexibility index (Phi) is 4.94. The molecular weight excluding hydrogens is 328 g/mol. The van der Waals surface area contributed by atoms with Crippen molar-refractivity contribution in [1.82, 2.24) is 4.31 Å². The van der Waals surface area contributed by atoms with Crippen molar-refractivity contribution in [3.05, 3.63) is 23.8 Å². The summed E-state index contributed by atoms with van der Waals surface area (Å²) in [4.78, 5) is 13.7. The van der Waals surface area contributed by atoms with Gasteiger partial charge in [0.2, 0.25) is 15.9 Å². The maximum atomic E-state index is 12.9. The Labute approximate surface area is 143 Å². The Morgan fingerprint density at radius 3 is 2.79 bits per heavy atom. The zero-order valence-electron chi connectivity index (χ0n) is 13.9. The lowest BCUT2D eigenvalue weighted by Crippen LogP contribution is -2.41. The van der Waals surface area contributed by atoms with Crippen LogP contribution < -0.4 is 4.90 Å². The lowest BCUT2D eigenvalue weighted by molar-refractivity contribution is -0.116. The molecule has 132 valence electrons. The van der Waals surface area contributed by atoms with E-state index in [2.05, 4.69) is 0 Å². The quantitative estimate of drug-likeness (QED) is 0.891. The normalized spacial score (nSPS) is 22.2. The smallest absolute Gasteiger partial charge is 0.243 e. The van der Waals surface area contributed by atoms with Crippen LogP contribution in [0.1, 0.15) is 31.7 Å². The number of carbonyl (C=O) groups is 1. The molecule has 1 aromatic carbocycles. The third-order valence-electron chi connectivity index (χ3n) is 4.93. The molecule has 1 unspecified atom stereocenters. The van der Waals surface area contributed by atoms with Gasteiger partial charge in [0.05, 0.1) is 4.90 Å². The van der Waals surface area contributed by atoms with Crippen molar-refractivity contribution in [2.75, 3.05) is 31.1 Å². The average molecular weight is 352 g/mol. The molecular formula is C17H24N2O4S. The van der Waals surface area contributed by atoms with Gasteiger partial charge in [0.1, 0.15) is 0 Å². The molecule has 0 bridgehead atoms. The van der Waals surface area contributed by atoms with E-state index in [1.54, 1.807) is 23.1 Å². The highest BCUT2D eigenvalue weighted by Crippen LogP contribution is 2.31. The van der Waals surface area contributed by atoms with Crippen molar-refractivity contribution >= 4 is 21.6 Å². The zero-order valence-corrected chi connectivity index (χ0v) is 14.8. The molecule has 3 rings (SSSR count). The first-order chi connectivity index (χ1) is 11.4. The first-order valence-corrected chi connectivity index (χ1v) is 9.89. The van der Waals surface area contributed by atoms with Crippen LogP contribution in [0.2, 0.25) is 0 Å². The largest absolute Gasteiger partial charge is 0.396 e. The molecule has 0 spiro atoms. The number of fused-ring (bicyclic) bond motifs is 1. The van der Waals surface area contributed by atoms with Gasteiger partial charge in [-0.3, -0.25) is 4.79 Å². The van der Waals surface area contributed by atoms with Crippen molar-refractivity contribution in [2.45, 2.75) is 37.5 Å². The standard InChI is InChI=1S/C17H24N2O4S/c1-13(21)19-9-3-5-15-10-16(6-7-17(15)19)24(22,23)18-8-2-4-14(11-18)12-20/h6-7,10,14,20H,2-5,8-9,11-12H2,1H3. The van der Waals surface area contributed by atoms with E-state index in [9.17, 15) is 18.3 Å². The van der Waals surface area contributed by atoms with E-state index < -0.39 is 10.0 Å². The van der Waals surface area contributed by atoms with Crippen LogP contribution in [0.25, 0.3) is 0 Å². The van der Waals surface area contributed by atoms with Crippen LogP contribution in [0.5, 0.6) is 0 Å². The number of nitrogens with zero attached hydrogens (tertiary/aromatic N) is 2. The summed E-state index contributed by atoms with van der Waals surface area (Å²) in [5.41, 5.74) is 1.73. The van der Waals surface area contributed by atoms with E-state index in [0.29, 0.717) is 19.6 Å². The number of rotatable bonds is 3. The number of hydrogen-bond acceptors (Lipinski definition) is 4. The lowest BCUT2D eigenvalue weighted by atomic mass is 10.0. The molecule has 0 aliphatic carbocycles. The maximum absolute atomic E-state index is 12.9. The fourth-order valence-corrected chi connectivity index (χ4v) is 5.21. The molecule has 0 radical (unpaired) electrons. The van der Waals surface area contributed by atoms with Crippen LogP contribution in [-0.2, 0) is 21.2 Å². The monoisotopic (exact) mass is 352 g/mol. The number of aliphatic hydroxyl groups excluding tert-OH is 1. The summed E-state index contributed by atoms with van der Waals surface area (Å²) in [7, 11) is -3.56. The summed E-state index contributed by atoms with van der Waals surface area (Å²) in [6.07, 6.45) is 3.25. The number of hydrogen-bond donors (Lipinski definition) is 1. The second kappa shape index (κ2) is 6.82. The Morgan fingerprint density at radius 2 is 2.08 bits per heavy atom. The van der Waals surface area contributed by atoms with Gasteiger partial charge < -0.3 is 10.0 Å². The number of aryl methyl sites for hydroxylation is 1. The SMILES string of the molecule is CC(=O)N1CCCc2cc(S(=O)(=O)N3CCCC(CO)C3)ccc21. The summed E-state index contributed by atoms with van der Waals surface area (Å²) in [5, 5.41) is 9.33. The van der Waals surface area contributed by atoms with Gasteiger partial charge in [-0.05, 0) is 55.4 Å². The molecule has 2 heterocycles. The van der Waals surface area contributed by atoms with Gasteiger partial charge in [-0.25, -0.2) is 8.42 Å². The van der Waals surface area contributed by atoms with Gasteiger partial charge >= 0.3 is 0 Å². The molecule has 1 N–H and O–H groups in total. The Hall–Kier alpha value is -1.44. The molecule has 0 saturated carbocycles. The molecule has 24 heavy (non-hydrogen) atoms. The highest BCUT2D eigenvalue weighted by molar-refractivity contribution is 7.89. The zero-order chi connectivity index (χ0) is 17.3. The topological polar surface area (TPSA) is 77.9 Å². The average Bonchev–Trinajstić information content (AvgIpc) is 2.60. The molecule has 1 saturated heterocycles. The number of benzene rings is 1. The Bertz CT molecular complexity index is 732. The highest BCUT2D eigenvalue weighted by atomic mass is 32.2. The fourth-order valence-electron chi connectivity index (χ4n) is 3.60. The molecule has 2 aliphatic heterocycles. The molecule has 7 heteroatoms.